The predicted molar refractivity (Wildman–Crippen MR) is 120 cm³/mol. The number of rotatable bonds is 5. The molecule has 1 saturated heterocycles. The van der Waals surface area contributed by atoms with Crippen molar-refractivity contribution in [2.45, 2.75) is 52.2 Å². The van der Waals surface area contributed by atoms with Crippen molar-refractivity contribution in [2.75, 3.05) is 26.1 Å². The van der Waals surface area contributed by atoms with Crippen LogP contribution >= 0.6 is 0 Å². The summed E-state index contributed by atoms with van der Waals surface area (Å²) >= 11 is 0. The van der Waals surface area contributed by atoms with Crippen molar-refractivity contribution in [3.05, 3.63) is 46.2 Å². The van der Waals surface area contributed by atoms with Gasteiger partial charge in [-0.2, -0.15) is 0 Å². The number of fused-ring (bicyclic) bond motifs is 3. The second-order valence-electron chi connectivity index (χ2n) is 8.57. The Morgan fingerprint density at radius 3 is 2.88 bits per heavy atom. The maximum atomic E-state index is 13.9. The highest BCUT2D eigenvalue weighted by Crippen LogP contribution is 2.32. The molecule has 3 N–H and O–H groups in total. The molecule has 10 nitrogen and oxygen atoms in total. The van der Waals surface area contributed by atoms with E-state index in [9.17, 15) is 4.79 Å². The fourth-order valence-electron chi connectivity index (χ4n) is 4.66. The number of carbonyl (C=O) groups is 1. The average molecular weight is 453 g/mol. The average Bonchev–Trinajstić information content (AvgIpc) is 3.46. The summed E-state index contributed by atoms with van der Waals surface area (Å²) in [6.45, 7) is 5.95. The van der Waals surface area contributed by atoms with E-state index in [1.54, 1.807) is 24.3 Å². The lowest BCUT2D eigenvalue weighted by atomic mass is 10.0. The first-order valence-electron chi connectivity index (χ1n) is 11.0. The van der Waals surface area contributed by atoms with Crippen LogP contribution in [0.15, 0.2) is 12.3 Å². The van der Waals surface area contributed by atoms with E-state index in [1.807, 2.05) is 13.8 Å². The molecule has 5 heterocycles. The SMILES string of the molecule is CO[C@@H]1CCOC[C@H]1N(Cc1ncc(C)nc1C)C(=O)c1cc2nc(N)c3c(c2[nH]1)COC3. The zero-order chi connectivity index (χ0) is 23.1. The van der Waals surface area contributed by atoms with Crippen LogP contribution in [0.4, 0.5) is 5.82 Å². The highest BCUT2D eigenvalue weighted by Gasteiger charge is 2.36. The number of nitrogens with two attached hydrogens (primary N) is 1. The molecular weight excluding hydrogens is 424 g/mol. The van der Waals surface area contributed by atoms with Gasteiger partial charge in [-0.05, 0) is 26.3 Å². The van der Waals surface area contributed by atoms with Crippen molar-refractivity contribution in [2.24, 2.45) is 0 Å². The molecule has 33 heavy (non-hydrogen) atoms. The Morgan fingerprint density at radius 2 is 2.09 bits per heavy atom. The Bertz CT molecular complexity index is 1210. The second-order valence-corrected chi connectivity index (χ2v) is 8.57. The zero-order valence-corrected chi connectivity index (χ0v) is 19.1. The summed E-state index contributed by atoms with van der Waals surface area (Å²) in [5, 5.41) is 0. The number of ether oxygens (including phenoxy) is 3. The van der Waals surface area contributed by atoms with Crippen LogP contribution in [0.3, 0.4) is 0 Å². The Labute approximate surface area is 191 Å². The summed E-state index contributed by atoms with van der Waals surface area (Å²) in [6, 6.07) is 1.48. The first kappa shape index (κ1) is 21.7. The number of pyridine rings is 1. The Morgan fingerprint density at radius 1 is 1.27 bits per heavy atom. The molecule has 10 heteroatoms. The van der Waals surface area contributed by atoms with Crippen LogP contribution in [0.25, 0.3) is 11.0 Å². The number of aromatic amines is 1. The molecular formula is C23H28N6O4. The molecule has 0 unspecified atom stereocenters. The van der Waals surface area contributed by atoms with Crippen LogP contribution in [0, 0.1) is 13.8 Å². The van der Waals surface area contributed by atoms with E-state index >= 15 is 0 Å². The summed E-state index contributed by atoms with van der Waals surface area (Å²) < 4.78 is 17.0. The minimum atomic E-state index is -0.266. The van der Waals surface area contributed by atoms with Gasteiger partial charge in [-0.1, -0.05) is 0 Å². The van der Waals surface area contributed by atoms with Gasteiger partial charge < -0.3 is 29.8 Å². The first-order chi connectivity index (χ1) is 16.0. The Kier molecular flexibility index (Phi) is 5.73. The van der Waals surface area contributed by atoms with Crippen LogP contribution < -0.4 is 5.73 Å². The number of nitrogens with one attached hydrogen (secondary N) is 1. The Hall–Kier alpha value is -3.08. The smallest absolute Gasteiger partial charge is 0.271 e. The third kappa shape index (κ3) is 3.94. The largest absolute Gasteiger partial charge is 0.383 e. The summed E-state index contributed by atoms with van der Waals surface area (Å²) in [7, 11) is 1.67. The lowest BCUT2D eigenvalue weighted by Crippen LogP contribution is -2.52. The maximum Gasteiger partial charge on any atom is 0.271 e. The van der Waals surface area contributed by atoms with E-state index in [0.717, 1.165) is 33.7 Å². The number of anilines is 1. The minimum absolute atomic E-state index is 0.141. The van der Waals surface area contributed by atoms with Gasteiger partial charge in [-0.3, -0.25) is 14.8 Å². The molecule has 2 atom stereocenters. The molecule has 0 aromatic carbocycles. The highest BCUT2D eigenvalue weighted by molar-refractivity contribution is 5.98. The number of carbonyl (C=O) groups excluding carboxylic acids is 1. The van der Waals surface area contributed by atoms with Crippen molar-refractivity contribution < 1.29 is 19.0 Å². The third-order valence-corrected chi connectivity index (χ3v) is 6.45. The Balaban J connectivity index is 1.55. The topological polar surface area (TPSA) is 128 Å². The number of hydrogen-bond acceptors (Lipinski definition) is 8. The molecule has 2 aliphatic heterocycles. The van der Waals surface area contributed by atoms with Gasteiger partial charge in [0.25, 0.3) is 5.91 Å². The highest BCUT2D eigenvalue weighted by atomic mass is 16.5. The summed E-state index contributed by atoms with van der Waals surface area (Å²) in [5.41, 5.74) is 12.2. The van der Waals surface area contributed by atoms with E-state index in [1.165, 1.54) is 0 Å². The standard InChI is InChI=1S/C23H28N6O4/c1-12-7-25-18(13(2)26-12)8-29(19-11-32-5-4-20(19)31-3)23(30)17-6-16-21(27-17)14-9-33-10-15(14)22(24)28-16/h6-7,19-20,27H,4-5,8-11H2,1-3H3,(H2,24,28)/t19-,20-/m1/s1. The van der Waals surface area contributed by atoms with Crippen molar-refractivity contribution in [1.29, 1.82) is 0 Å². The minimum Gasteiger partial charge on any atom is -0.383 e. The molecule has 174 valence electrons. The monoisotopic (exact) mass is 452 g/mol. The van der Waals surface area contributed by atoms with Gasteiger partial charge >= 0.3 is 0 Å². The van der Waals surface area contributed by atoms with Crippen LogP contribution in [0.5, 0.6) is 0 Å². The molecule has 0 bridgehead atoms. The van der Waals surface area contributed by atoms with Crippen molar-refractivity contribution in [3.8, 4) is 0 Å². The lowest BCUT2D eigenvalue weighted by Gasteiger charge is -2.38. The van der Waals surface area contributed by atoms with Crippen molar-refractivity contribution in [3.63, 3.8) is 0 Å². The molecule has 5 rings (SSSR count). The van der Waals surface area contributed by atoms with Gasteiger partial charge in [0, 0.05) is 31.0 Å². The predicted octanol–water partition coefficient (Wildman–Crippen LogP) is 2.03. The van der Waals surface area contributed by atoms with E-state index in [2.05, 4.69) is 19.9 Å². The van der Waals surface area contributed by atoms with Crippen LogP contribution in [0.2, 0.25) is 0 Å². The molecule has 1 fully saturated rings. The van der Waals surface area contributed by atoms with Gasteiger partial charge in [0.05, 0.1) is 66.6 Å². The maximum absolute atomic E-state index is 13.9. The van der Waals surface area contributed by atoms with Gasteiger partial charge in [-0.15, -0.1) is 0 Å². The van der Waals surface area contributed by atoms with Crippen LogP contribution in [0.1, 0.15) is 45.1 Å². The van der Waals surface area contributed by atoms with Crippen LogP contribution in [-0.4, -0.2) is 63.2 Å². The van der Waals surface area contributed by atoms with Crippen molar-refractivity contribution >= 4 is 22.8 Å². The molecule has 1 amide bonds. The molecule has 3 aromatic rings. The number of methoxy groups -OCH3 is 1. The van der Waals surface area contributed by atoms with E-state index in [4.69, 9.17) is 19.9 Å². The fourth-order valence-corrected chi connectivity index (χ4v) is 4.66. The quantitative estimate of drug-likeness (QED) is 0.602. The number of nitrogen functional groups attached to an aromatic ring is 1. The van der Waals surface area contributed by atoms with Crippen LogP contribution in [-0.2, 0) is 34.0 Å². The second kappa shape index (κ2) is 8.69. The van der Waals surface area contributed by atoms with Gasteiger partial charge in [0.1, 0.15) is 11.5 Å². The van der Waals surface area contributed by atoms with E-state index in [-0.39, 0.29) is 24.6 Å². The number of H-pyrrole nitrogens is 1. The van der Waals surface area contributed by atoms with Gasteiger partial charge in [0.15, 0.2) is 0 Å². The van der Waals surface area contributed by atoms with E-state index < -0.39 is 0 Å². The summed E-state index contributed by atoms with van der Waals surface area (Å²) in [4.78, 5) is 32.5. The third-order valence-electron chi connectivity index (χ3n) is 6.45. The zero-order valence-electron chi connectivity index (χ0n) is 19.1. The normalized spacial score (nSPS) is 20.2. The molecule has 3 aromatic heterocycles. The number of nitrogens with zero attached hydrogens (tertiary/aromatic N) is 4. The molecule has 2 aliphatic rings. The number of aromatic nitrogens is 4. The van der Waals surface area contributed by atoms with Gasteiger partial charge in [0.2, 0.25) is 0 Å². The summed E-state index contributed by atoms with van der Waals surface area (Å²) in [5.74, 6) is 0.258. The molecule has 0 radical (unpaired) electrons. The number of hydrogen-bond donors (Lipinski definition) is 2. The van der Waals surface area contributed by atoms with Crippen molar-refractivity contribution in [1.82, 2.24) is 24.8 Å². The molecule has 0 spiro atoms. The van der Waals surface area contributed by atoms with E-state index in [0.29, 0.717) is 49.9 Å². The number of amides is 1. The first-order valence-corrected chi connectivity index (χ1v) is 11.0. The van der Waals surface area contributed by atoms with Gasteiger partial charge in [-0.25, -0.2) is 4.98 Å². The number of aryl methyl sites for hydroxylation is 2. The fraction of sp³-hybridized carbons (Fsp3) is 0.478. The lowest BCUT2D eigenvalue weighted by molar-refractivity contribution is -0.0717. The molecule has 0 saturated carbocycles. The molecule has 0 aliphatic carbocycles. The summed E-state index contributed by atoms with van der Waals surface area (Å²) in [6.07, 6.45) is 2.28.